The van der Waals surface area contributed by atoms with Crippen LogP contribution in [0.5, 0.6) is 0 Å². The van der Waals surface area contributed by atoms with Crippen molar-refractivity contribution in [2.45, 2.75) is 32.0 Å². The highest BCUT2D eigenvalue weighted by Crippen LogP contribution is 2.34. The molecule has 0 amide bonds. The average Bonchev–Trinajstić information content (AvgIpc) is 3.28. The second-order valence-electron chi connectivity index (χ2n) is 5.54. The molecule has 3 rings (SSSR count). The molecule has 1 saturated carbocycles. The van der Waals surface area contributed by atoms with E-state index in [9.17, 15) is 0 Å². The zero-order valence-electron chi connectivity index (χ0n) is 12.4. The van der Waals surface area contributed by atoms with Crippen molar-refractivity contribution in [1.29, 1.82) is 5.26 Å². The summed E-state index contributed by atoms with van der Waals surface area (Å²) < 4.78 is 1.93. The highest BCUT2D eigenvalue weighted by Gasteiger charge is 2.28. The SMILES string of the molecule is C=CCN(Cc1cccc(C#N)c1)Cc1nnnn1C1CC1. The molecular formula is C16H18N6. The quantitative estimate of drug-likeness (QED) is 0.731. The fourth-order valence-corrected chi connectivity index (χ4v) is 2.48. The normalized spacial score (nSPS) is 14.0. The Morgan fingerprint density at radius 2 is 2.27 bits per heavy atom. The zero-order chi connectivity index (χ0) is 15.4. The summed E-state index contributed by atoms with van der Waals surface area (Å²) in [4.78, 5) is 2.22. The van der Waals surface area contributed by atoms with E-state index in [1.54, 1.807) is 0 Å². The molecule has 1 aromatic carbocycles. The molecule has 112 valence electrons. The number of hydrogen-bond acceptors (Lipinski definition) is 5. The third-order valence-electron chi connectivity index (χ3n) is 3.67. The van der Waals surface area contributed by atoms with E-state index in [4.69, 9.17) is 5.26 Å². The van der Waals surface area contributed by atoms with Gasteiger partial charge < -0.3 is 0 Å². The molecule has 6 heteroatoms. The minimum absolute atomic E-state index is 0.470. The Morgan fingerprint density at radius 1 is 1.41 bits per heavy atom. The van der Waals surface area contributed by atoms with Crippen LogP contribution in [0.3, 0.4) is 0 Å². The van der Waals surface area contributed by atoms with Crippen molar-refractivity contribution in [3.05, 3.63) is 53.9 Å². The molecule has 0 unspecified atom stereocenters. The van der Waals surface area contributed by atoms with E-state index in [-0.39, 0.29) is 0 Å². The van der Waals surface area contributed by atoms with Crippen LogP contribution < -0.4 is 0 Å². The number of benzene rings is 1. The molecule has 0 aliphatic heterocycles. The first-order valence-corrected chi connectivity index (χ1v) is 7.39. The second-order valence-corrected chi connectivity index (χ2v) is 5.54. The van der Waals surface area contributed by atoms with E-state index >= 15 is 0 Å². The Bertz CT molecular complexity index is 695. The standard InChI is InChI=1S/C16H18N6/c1-2-8-21(11-14-5-3-4-13(9-14)10-17)12-16-18-19-20-22(16)15-6-7-15/h2-5,9,15H,1,6-8,11-12H2. The van der Waals surface area contributed by atoms with Crippen molar-refractivity contribution in [2.24, 2.45) is 0 Å². The van der Waals surface area contributed by atoms with E-state index in [2.05, 4.69) is 33.1 Å². The second kappa shape index (κ2) is 6.50. The number of tetrazole rings is 1. The summed E-state index contributed by atoms with van der Waals surface area (Å²) >= 11 is 0. The summed E-state index contributed by atoms with van der Waals surface area (Å²) in [6, 6.07) is 10.3. The van der Waals surface area contributed by atoms with Crippen LogP contribution in [0.15, 0.2) is 36.9 Å². The van der Waals surface area contributed by atoms with Crippen LogP contribution in [0.1, 0.15) is 35.8 Å². The van der Waals surface area contributed by atoms with Gasteiger partial charge in [-0.2, -0.15) is 5.26 Å². The molecule has 1 heterocycles. The lowest BCUT2D eigenvalue weighted by atomic mass is 10.1. The zero-order valence-corrected chi connectivity index (χ0v) is 12.4. The summed E-state index contributed by atoms with van der Waals surface area (Å²) in [6.45, 7) is 5.97. The lowest BCUT2D eigenvalue weighted by molar-refractivity contribution is 0.272. The van der Waals surface area contributed by atoms with Crippen LogP contribution >= 0.6 is 0 Å². The molecule has 6 nitrogen and oxygen atoms in total. The van der Waals surface area contributed by atoms with E-state index in [1.165, 1.54) is 0 Å². The van der Waals surface area contributed by atoms with Gasteiger partial charge in [-0.3, -0.25) is 4.90 Å². The first kappa shape index (κ1) is 14.4. The molecule has 0 N–H and O–H groups in total. The van der Waals surface area contributed by atoms with Gasteiger partial charge in [0.1, 0.15) is 0 Å². The molecule has 1 aliphatic carbocycles. The van der Waals surface area contributed by atoms with Crippen molar-refractivity contribution in [1.82, 2.24) is 25.1 Å². The predicted molar refractivity (Wildman–Crippen MR) is 81.6 cm³/mol. The molecule has 0 atom stereocenters. The first-order chi connectivity index (χ1) is 10.8. The van der Waals surface area contributed by atoms with Crippen LogP contribution in [0.25, 0.3) is 0 Å². The van der Waals surface area contributed by atoms with Crippen molar-refractivity contribution < 1.29 is 0 Å². The van der Waals surface area contributed by atoms with Crippen molar-refractivity contribution in [3.63, 3.8) is 0 Å². The van der Waals surface area contributed by atoms with Crippen LogP contribution in [-0.2, 0) is 13.1 Å². The van der Waals surface area contributed by atoms with Crippen LogP contribution in [0.2, 0.25) is 0 Å². The largest absolute Gasteiger partial charge is 0.288 e. The number of nitriles is 1. The van der Waals surface area contributed by atoms with Gasteiger partial charge in [0.25, 0.3) is 0 Å². The average molecular weight is 294 g/mol. The van der Waals surface area contributed by atoms with Crippen molar-refractivity contribution in [2.75, 3.05) is 6.54 Å². The summed E-state index contributed by atoms with van der Waals surface area (Å²) in [5.74, 6) is 0.890. The molecule has 1 fully saturated rings. The molecule has 1 aromatic heterocycles. The van der Waals surface area contributed by atoms with Gasteiger partial charge in [-0.15, -0.1) is 11.7 Å². The molecule has 0 saturated heterocycles. The Balaban J connectivity index is 1.73. The monoisotopic (exact) mass is 294 g/mol. The molecule has 1 aliphatic rings. The Morgan fingerprint density at radius 3 is 3.00 bits per heavy atom. The number of hydrogen-bond donors (Lipinski definition) is 0. The predicted octanol–water partition coefficient (Wildman–Crippen LogP) is 2.07. The highest BCUT2D eigenvalue weighted by atomic mass is 15.6. The summed E-state index contributed by atoms with van der Waals surface area (Å²) in [7, 11) is 0. The van der Waals surface area contributed by atoms with Gasteiger partial charge in [0.05, 0.1) is 24.2 Å². The summed E-state index contributed by atoms with van der Waals surface area (Å²) in [5.41, 5.74) is 1.78. The molecular weight excluding hydrogens is 276 g/mol. The first-order valence-electron chi connectivity index (χ1n) is 7.39. The van der Waals surface area contributed by atoms with E-state index in [0.717, 1.165) is 37.3 Å². The van der Waals surface area contributed by atoms with Gasteiger partial charge in [-0.05, 0) is 41.0 Å². The third kappa shape index (κ3) is 3.38. The fourth-order valence-electron chi connectivity index (χ4n) is 2.48. The van der Waals surface area contributed by atoms with E-state index in [1.807, 2.05) is 35.0 Å². The molecule has 0 bridgehead atoms. The van der Waals surface area contributed by atoms with Crippen molar-refractivity contribution in [3.8, 4) is 6.07 Å². The van der Waals surface area contributed by atoms with Gasteiger partial charge >= 0.3 is 0 Å². The fraction of sp³-hybridized carbons (Fsp3) is 0.375. The smallest absolute Gasteiger partial charge is 0.165 e. The molecule has 22 heavy (non-hydrogen) atoms. The number of aromatic nitrogens is 4. The lowest BCUT2D eigenvalue weighted by Crippen LogP contribution is -2.25. The Labute approximate surface area is 129 Å². The van der Waals surface area contributed by atoms with E-state index < -0.39 is 0 Å². The van der Waals surface area contributed by atoms with Crippen LogP contribution in [0, 0.1) is 11.3 Å². The minimum atomic E-state index is 0.470. The maximum atomic E-state index is 9.00. The van der Waals surface area contributed by atoms with Gasteiger partial charge in [0.15, 0.2) is 5.82 Å². The number of rotatable bonds is 7. The van der Waals surface area contributed by atoms with Gasteiger partial charge in [-0.1, -0.05) is 18.2 Å². The minimum Gasteiger partial charge on any atom is -0.288 e. The topological polar surface area (TPSA) is 70.6 Å². The lowest BCUT2D eigenvalue weighted by Gasteiger charge is -2.20. The van der Waals surface area contributed by atoms with Crippen LogP contribution in [-0.4, -0.2) is 31.7 Å². The molecule has 0 radical (unpaired) electrons. The maximum Gasteiger partial charge on any atom is 0.165 e. The van der Waals surface area contributed by atoms with Gasteiger partial charge in [0.2, 0.25) is 0 Å². The highest BCUT2D eigenvalue weighted by molar-refractivity contribution is 5.32. The number of nitrogens with zero attached hydrogens (tertiary/aromatic N) is 6. The Hall–Kier alpha value is -2.52. The van der Waals surface area contributed by atoms with E-state index in [0.29, 0.717) is 18.2 Å². The molecule has 2 aromatic rings. The van der Waals surface area contributed by atoms with Gasteiger partial charge in [-0.25, -0.2) is 4.68 Å². The Kier molecular flexibility index (Phi) is 4.26. The third-order valence-corrected chi connectivity index (χ3v) is 3.67. The summed E-state index contributed by atoms with van der Waals surface area (Å²) in [5, 5.41) is 21.0. The maximum absolute atomic E-state index is 9.00. The van der Waals surface area contributed by atoms with Crippen molar-refractivity contribution >= 4 is 0 Å². The van der Waals surface area contributed by atoms with Crippen LogP contribution in [0.4, 0.5) is 0 Å². The summed E-state index contributed by atoms with van der Waals surface area (Å²) in [6.07, 6.45) is 4.19. The van der Waals surface area contributed by atoms with Gasteiger partial charge in [0, 0.05) is 13.1 Å². The molecule has 0 spiro atoms.